The molecular formula is C46H62N9O6S2+. The quantitative estimate of drug-likeness (QED) is 0.173. The molecule has 63 heavy (non-hydrogen) atoms. The van der Waals surface area contributed by atoms with Crippen molar-refractivity contribution in [2.24, 2.45) is 11.3 Å². The number of carbonyl (C=O) groups is 4. The summed E-state index contributed by atoms with van der Waals surface area (Å²) in [6.07, 6.45) is 3.10. The number of nitrogens with one attached hydrogen (secondary N) is 1. The van der Waals surface area contributed by atoms with Gasteiger partial charge in [-0.2, -0.15) is 0 Å². The van der Waals surface area contributed by atoms with Crippen LogP contribution in [0.1, 0.15) is 76.8 Å². The van der Waals surface area contributed by atoms with E-state index in [1.54, 1.807) is 25.3 Å². The first-order chi connectivity index (χ1) is 30.0. The number of benzene rings is 1. The molecule has 4 aromatic rings. The summed E-state index contributed by atoms with van der Waals surface area (Å²) < 4.78 is 15.5. The van der Waals surface area contributed by atoms with Crippen molar-refractivity contribution in [1.82, 2.24) is 39.6 Å². The largest absolute Gasteiger partial charge is 0.460 e. The molecular weight excluding hydrogens is 839 g/mol. The molecule has 7 rings (SSSR count). The topological polar surface area (TPSA) is 145 Å². The molecule has 1 N–H and O–H groups in total. The van der Waals surface area contributed by atoms with Gasteiger partial charge in [0.25, 0.3) is 18.5 Å². The number of rotatable bonds is 8. The Morgan fingerprint density at radius 2 is 1.87 bits per heavy atom. The predicted molar refractivity (Wildman–Crippen MR) is 245 cm³/mol. The van der Waals surface area contributed by atoms with Crippen LogP contribution >= 0.6 is 11.3 Å². The minimum Gasteiger partial charge on any atom is -0.460 e. The highest BCUT2D eigenvalue weighted by atomic mass is 32.1. The summed E-state index contributed by atoms with van der Waals surface area (Å²) in [7, 11) is 5.35. The number of thiazole rings is 1. The molecule has 6 heterocycles. The lowest BCUT2D eigenvalue weighted by atomic mass is 9.84. The van der Waals surface area contributed by atoms with E-state index in [1.807, 2.05) is 39.3 Å². The number of ether oxygens (including phenoxy) is 2. The number of aromatic nitrogens is 3. The van der Waals surface area contributed by atoms with Crippen LogP contribution in [0.3, 0.4) is 0 Å². The normalized spacial score (nSPS) is 21.0. The van der Waals surface area contributed by atoms with Gasteiger partial charge in [0, 0.05) is 98.7 Å². The first kappa shape index (κ1) is 46.2. The summed E-state index contributed by atoms with van der Waals surface area (Å²) in [6.45, 7) is 15.8. The Kier molecular flexibility index (Phi) is 14.0. The molecule has 4 atom stereocenters. The Morgan fingerprint density at radius 1 is 1.13 bits per heavy atom. The van der Waals surface area contributed by atoms with E-state index in [2.05, 4.69) is 59.8 Å². The number of pyridine rings is 1. The van der Waals surface area contributed by atoms with Gasteiger partial charge in [-0.15, -0.1) is 16.3 Å². The summed E-state index contributed by atoms with van der Waals surface area (Å²) >= 11 is 7.27. The Bertz CT molecular complexity index is 2370. The average molecular weight is 901 g/mol. The smallest absolute Gasteiger partial charge is 0.379 e. The number of methoxy groups -OCH3 is 1. The van der Waals surface area contributed by atoms with Crippen molar-refractivity contribution < 1.29 is 32.7 Å². The molecule has 1 aromatic carbocycles. The van der Waals surface area contributed by atoms with Crippen molar-refractivity contribution in [2.75, 3.05) is 60.5 Å². The highest BCUT2D eigenvalue weighted by Crippen LogP contribution is 2.42. The molecule has 17 heteroatoms. The van der Waals surface area contributed by atoms with Crippen molar-refractivity contribution in [2.45, 2.75) is 98.0 Å². The number of esters is 1. The Morgan fingerprint density at radius 3 is 2.57 bits per heavy atom. The molecule has 4 amide bonds. The number of hydrazine groups is 1. The van der Waals surface area contributed by atoms with E-state index in [4.69, 9.17) is 31.9 Å². The maximum atomic E-state index is 14.7. The van der Waals surface area contributed by atoms with Gasteiger partial charge >= 0.3 is 17.9 Å². The van der Waals surface area contributed by atoms with Crippen molar-refractivity contribution in [3.63, 3.8) is 0 Å². The number of hydrogen-bond acceptors (Lipinski definition) is 11. The van der Waals surface area contributed by atoms with Crippen molar-refractivity contribution in [3.05, 3.63) is 58.2 Å². The zero-order valence-electron chi connectivity index (χ0n) is 38.1. The van der Waals surface area contributed by atoms with Crippen LogP contribution in [0.2, 0.25) is 0 Å². The first-order valence-electron chi connectivity index (χ1n) is 22.1. The van der Waals surface area contributed by atoms with Crippen LogP contribution < -0.4 is 5.32 Å². The molecule has 0 saturated carbocycles. The van der Waals surface area contributed by atoms with Gasteiger partial charge in [-0.05, 0) is 73.5 Å². The molecule has 3 aliphatic rings. The SMILES string of the molecule is CCn1c(-c2cccnc2[C@H](C)OC)c2c3cc(ccc31)-c1csc(n1)C[C@H](NC(=O)[C@H](C(C)C)N(C)C(=O)N1CCN(C)CC1)C(=O)N1CCC[C@@H](C(=O)OCC(C)(C)C2)[N+]1=S. The van der Waals surface area contributed by atoms with E-state index in [-0.39, 0.29) is 37.6 Å². The van der Waals surface area contributed by atoms with Crippen molar-refractivity contribution in [1.29, 1.82) is 0 Å². The molecule has 3 aliphatic heterocycles. The molecule has 0 unspecified atom stereocenters. The maximum absolute atomic E-state index is 14.7. The zero-order valence-corrected chi connectivity index (χ0v) is 39.7. The van der Waals surface area contributed by atoms with Gasteiger partial charge in [-0.1, -0.05) is 33.8 Å². The standard InChI is InChI=1S/C46H61N9O6S2/c1-10-53-36-16-15-30-23-32(36)33(41(53)31-13-11-17-47-39(31)29(4)60-9)25-46(5,6)27-61-44(58)37-14-12-18-54(55(37)62)43(57)34(24-38-48-35(30)26-63-38)49-42(56)40(28(2)3)51(8)45(59)52-21-19-50(7)20-22-52/h11,13,15-17,23,26,28-29,34,37,40H,10,12,14,18-22,24-25,27H2,1-9H3/p+1/t29-,34-,37-,40-/m0/s1. The highest BCUT2D eigenvalue weighted by molar-refractivity contribution is 7.44. The van der Waals surface area contributed by atoms with Gasteiger partial charge in [0.05, 0.1) is 41.3 Å². The number of cyclic esters (lactones) is 1. The minimum atomic E-state index is -1.10. The summed E-state index contributed by atoms with van der Waals surface area (Å²) in [5.41, 5.74) is 6.12. The molecule has 0 radical (unpaired) electrons. The number of urea groups is 1. The Hall–Kier alpha value is -4.84. The van der Waals surface area contributed by atoms with E-state index >= 15 is 0 Å². The number of piperazine rings is 1. The maximum Gasteiger partial charge on any atom is 0.379 e. The molecule has 338 valence electrons. The highest BCUT2D eigenvalue weighted by Gasteiger charge is 2.46. The Balaban J connectivity index is 1.30. The van der Waals surface area contributed by atoms with Crippen molar-refractivity contribution in [3.8, 4) is 22.5 Å². The van der Waals surface area contributed by atoms with Gasteiger partial charge in [0.15, 0.2) is 0 Å². The molecule has 3 aromatic heterocycles. The lowest BCUT2D eigenvalue weighted by molar-refractivity contribution is -0.676. The molecule has 0 spiro atoms. The number of nitrogens with zero attached hydrogens (tertiary/aromatic N) is 8. The molecule has 0 aliphatic carbocycles. The summed E-state index contributed by atoms with van der Waals surface area (Å²) in [5, 5.41) is 8.09. The van der Waals surface area contributed by atoms with Gasteiger partial charge in [-0.3, -0.25) is 14.6 Å². The van der Waals surface area contributed by atoms with E-state index in [9.17, 15) is 19.2 Å². The number of amides is 4. The first-order valence-corrected chi connectivity index (χ1v) is 23.3. The fraction of sp³-hybridized carbons (Fsp3) is 0.565. The number of likely N-dealkylation sites (N-methyl/N-ethyl adjacent to an activating group) is 2. The van der Waals surface area contributed by atoms with Gasteiger partial charge in [0.2, 0.25) is 5.91 Å². The molecule has 2 fully saturated rings. The van der Waals surface area contributed by atoms with E-state index < -0.39 is 41.3 Å². The predicted octanol–water partition coefficient (Wildman–Crippen LogP) is 5.68. The van der Waals surface area contributed by atoms with Gasteiger partial charge < -0.3 is 34.1 Å². The lowest BCUT2D eigenvalue weighted by Crippen LogP contribution is -2.61. The van der Waals surface area contributed by atoms with Crippen LogP contribution in [-0.2, 0) is 55.7 Å². The molecule has 15 nitrogen and oxygen atoms in total. The van der Waals surface area contributed by atoms with E-state index in [0.717, 1.165) is 57.8 Å². The van der Waals surface area contributed by atoms with Crippen LogP contribution in [0.4, 0.5) is 4.79 Å². The van der Waals surface area contributed by atoms with Crippen LogP contribution in [-0.4, -0.2) is 141 Å². The fourth-order valence-corrected chi connectivity index (χ4v) is 10.4. The number of carbonyl (C=O) groups excluding carboxylic acids is 4. The third-order valence-corrected chi connectivity index (χ3v) is 14.0. The molecule has 2 saturated heterocycles. The Labute approximate surface area is 379 Å². The van der Waals surface area contributed by atoms with Crippen LogP contribution in [0.25, 0.3) is 33.4 Å². The summed E-state index contributed by atoms with van der Waals surface area (Å²) in [4.78, 5) is 72.2. The zero-order chi connectivity index (χ0) is 45.3. The number of aryl methyl sites for hydroxylation is 1. The average Bonchev–Trinajstić information content (AvgIpc) is 3.86. The fourth-order valence-electron chi connectivity index (χ4n) is 9.19. The number of hydrogen-bond donors (Lipinski definition) is 1. The van der Waals surface area contributed by atoms with Crippen molar-refractivity contribution >= 4 is 58.5 Å². The summed E-state index contributed by atoms with van der Waals surface area (Å²) in [5.74, 6) is -1.68. The van der Waals surface area contributed by atoms with Gasteiger partial charge in [0.1, 0.15) is 12.1 Å². The second kappa shape index (κ2) is 19.1. The lowest BCUT2D eigenvalue weighted by Gasteiger charge is -2.38. The van der Waals surface area contributed by atoms with Crippen LogP contribution in [0.15, 0.2) is 41.9 Å². The minimum absolute atomic E-state index is 0.0739. The molecule has 6 bridgehead atoms. The third-order valence-electron chi connectivity index (χ3n) is 12.7. The van der Waals surface area contributed by atoms with Crippen LogP contribution in [0.5, 0.6) is 0 Å². The second-order valence-electron chi connectivity index (χ2n) is 18.3. The monoisotopic (exact) mass is 900 g/mol. The number of fused-ring (bicyclic) bond motifs is 6. The van der Waals surface area contributed by atoms with Crippen LogP contribution in [0, 0.1) is 11.3 Å². The van der Waals surface area contributed by atoms with E-state index in [1.165, 1.54) is 25.3 Å². The van der Waals surface area contributed by atoms with Gasteiger partial charge in [-0.25, -0.2) is 14.6 Å². The summed E-state index contributed by atoms with van der Waals surface area (Å²) in [6, 6.07) is 7.34. The third kappa shape index (κ3) is 9.52. The second-order valence-corrected chi connectivity index (χ2v) is 19.6. The van der Waals surface area contributed by atoms with E-state index in [0.29, 0.717) is 43.9 Å².